The number of hydrogen-bond acceptors (Lipinski definition) is 2. The number of hydrogen-bond donors (Lipinski definition) is 0. The highest BCUT2D eigenvalue weighted by atomic mass is 79.9. The summed E-state index contributed by atoms with van der Waals surface area (Å²) in [4.78, 5) is 0. The van der Waals surface area contributed by atoms with Crippen molar-refractivity contribution in [2.75, 3.05) is 78.8 Å². The molecule has 0 aromatic rings. The van der Waals surface area contributed by atoms with Crippen LogP contribution in [0, 0.1) is 0 Å². The summed E-state index contributed by atoms with van der Waals surface area (Å²) in [5.41, 5.74) is 0. The number of ether oxygens (including phenoxy) is 2. The largest absolute Gasteiger partial charge is 1.00 e. The van der Waals surface area contributed by atoms with Crippen LogP contribution in [0.25, 0.3) is 0 Å². The van der Waals surface area contributed by atoms with Crippen LogP contribution in [0.5, 0.6) is 0 Å². The molecule has 4 nitrogen and oxygen atoms in total. The summed E-state index contributed by atoms with van der Waals surface area (Å²) in [6.07, 6.45) is 22.3. The van der Waals surface area contributed by atoms with Crippen molar-refractivity contribution in [1.29, 1.82) is 0 Å². The van der Waals surface area contributed by atoms with Gasteiger partial charge in [-0.3, -0.25) is 0 Å². The molecular weight excluding hydrogens is 628 g/mol. The number of unbranched alkanes of at least 4 members (excludes halogenated alkanes) is 11. The van der Waals surface area contributed by atoms with E-state index < -0.39 is 0 Å². The van der Waals surface area contributed by atoms with Crippen molar-refractivity contribution in [3.05, 3.63) is 0 Å². The Labute approximate surface area is 274 Å². The van der Waals surface area contributed by atoms with Gasteiger partial charge in [-0.1, -0.05) is 79.1 Å². The fourth-order valence-electron chi connectivity index (χ4n) is 6.71. The number of halogens is 2. The molecule has 0 rings (SSSR count). The standard InChI is InChI=1S/C34H74N2O2.2BrH/c1-7-25-35(26-8-2,31-33-37-11-5)29-23-21-19-17-15-13-14-16-18-20-22-24-30-36(27-9-3,28-10-4)32-34-38-12-6;;/h7-34H2,1-6H3;2*1H/q+2;;/p-2. The average molecular weight is 703 g/mol. The molecule has 0 unspecified atom stereocenters. The molecule has 0 aliphatic carbocycles. The molecule has 0 heterocycles. The highest BCUT2D eigenvalue weighted by Gasteiger charge is 2.25. The lowest BCUT2D eigenvalue weighted by Crippen LogP contribution is -3.00. The molecule has 0 atom stereocenters. The van der Waals surface area contributed by atoms with Crippen LogP contribution < -0.4 is 34.0 Å². The predicted octanol–water partition coefficient (Wildman–Crippen LogP) is 3.02. The second kappa shape index (κ2) is 32.7. The Morgan fingerprint density at radius 2 is 0.575 bits per heavy atom. The van der Waals surface area contributed by atoms with Crippen molar-refractivity contribution in [2.24, 2.45) is 0 Å². The number of rotatable bonds is 31. The zero-order chi connectivity index (χ0) is 28.2. The maximum Gasteiger partial charge on any atom is 0.102 e. The molecule has 0 aromatic heterocycles. The van der Waals surface area contributed by atoms with E-state index in [0.717, 1.165) is 26.4 Å². The molecule has 246 valence electrons. The maximum absolute atomic E-state index is 5.73. The zero-order valence-corrected chi connectivity index (χ0v) is 31.4. The molecule has 0 aliphatic rings. The Hall–Kier alpha value is 0.800. The Kier molecular flexibility index (Phi) is 37.0. The van der Waals surface area contributed by atoms with Crippen molar-refractivity contribution in [2.45, 2.75) is 144 Å². The topological polar surface area (TPSA) is 18.5 Å². The Bertz CT molecular complexity index is 429. The van der Waals surface area contributed by atoms with Gasteiger partial charge in [0.2, 0.25) is 0 Å². The van der Waals surface area contributed by atoms with Crippen LogP contribution in [0.2, 0.25) is 0 Å². The molecule has 0 radical (unpaired) electrons. The lowest BCUT2D eigenvalue weighted by Gasteiger charge is -2.38. The van der Waals surface area contributed by atoms with Crippen LogP contribution in [0.4, 0.5) is 0 Å². The van der Waals surface area contributed by atoms with Gasteiger partial charge in [-0.2, -0.15) is 0 Å². The van der Waals surface area contributed by atoms with Crippen molar-refractivity contribution >= 4 is 0 Å². The van der Waals surface area contributed by atoms with Crippen LogP contribution in [0.3, 0.4) is 0 Å². The van der Waals surface area contributed by atoms with E-state index in [4.69, 9.17) is 9.47 Å². The SMILES string of the molecule is CCC[N+](CCC)(CCCCCCCCCCCCCC[N+](CCC)(CCC)CCOCC)CCOCC.[Br-].[Br-]. The van der Waals surface area contributed by atoms with Crippen LogP contribution in [-0.4, -0.2) is 87.8 Å². The second-order valence-electron chi connectivity index (χ2n) is 12.1. The molecular formula is C34H74Br2N2O2. The summed E-state index contributed by atoms with van der Waals surface area (Å²) in [6.45, 7) is 27.6. The summed E-state index contributed by atoms with van der Waals surface area (Å²) in [5, 5.41) is 0. The monoisotopic (exact) mass is 700 g/mol. The maximum atomic E-state index is 5.73. The van der Waals surface area contributed by atoms with Crippen LogP contribution in [0.1, 0.15) is 144 Å². The quantitative estimate of drug-likeness (QED) is 0.0818. The second-order valence-corrected chi connectivity index (χ2v) is 12.1. The van der Waals surface area contributed by atoms with Gasteiger partial charge in [-0.05, 0) is 65.2 Å². The minimum absolute atomic E-state index is 0. The minimum atomic E-state index is 0. The molecule has 0 N–H and O–H groups in total. The number of nitrogens with zero attached hydrogens (tertiary/aromatic N) is 2. The van der Waals surface area contributed by atoms with Gasteiger partial charge in [0.1, 0.15) is 13.1 Å². The van der Waals surface area contributed by atoms with E-state index >= 15 is 0 Å². The van der Waals surface area contributed by atoms with Gasteiger partial charge in [-0.15, -0.1) is 0 Å². The summed E-state index contributed by atoms with van der Waals surface area (Å²) in [5.74, 6) is 0. The summed E-state index contributed by atoms with van der Waals surface area (Å²) < 4.78 is 14.0. The first-order valence-corrected chi connectivity index (χ1v) is 17.4. The van der Waals surface area contributed by atoms with Gasteiger partial charge < -0.3 is 52.4 Å². The minimum Gasteiger partial charge on any atom is -1.00 e. The number of quaternary nitrogens is 2. The predicted molar refractivity (Wildman–Crippen MR) is 169 cm³/mol. The third kappa shape index (κ3) is 24.3. The molecule has 0 spiro atoms. The van der Waals surface area contributed by atoms with Crippen LogP contribution in [-0.2, 0) is 9.47 Å². The van der Waals surface area contributed by atoms with Gasteiger partial charge in [0, 0.05) is 13.2 Å². The Balaban J connectivity index is -0.00000684. The Morgan fingerprint density at radius 1 is 0.325 bits per heavy atom. The fourth-order valence-corrected chi connectivity index (χ4v) is 6.71. The molecule has 40 heavy (non-hydrogen) atoms. The zero-order valence-electron chi connectivity index (χ0n) is 28.3. The van der Waals surface area contributed by atoms with Gasteiger partial charge in [0.15, 0.2) is 0 Å². The normalized spacial score (nSPS) is 11.8. The van der Waals surface area contributed by atoms with Crippen molar-refractivity contribution in [1.82, 2.24) is 0 Å². The molecule has 0 saturated heterocycles. The van der Waals surface area contributed by atoms with Crippen molar-refractivity contribution in [3.8, 4) is 0 Å². The molecule has 6 heteroatoms. The first kappa shape index (κ1) is 45.2. The molecule has 0 saturated carbocycles. The van der Waals surface area contributed by atoms with E-state index in [9.17, 15) is 0 Å². The molecule has 0 amide bonds. The van der Waals surface area contributed by atoms with Crippen LogP contribution in [0.15, 0.2) is 0 Å². The van der Waals surface area contributed by atoms with Gasteiger partial charge in [-0.25, -0.2) is 0 Å². The summed E-state index contributed by atoms with van der Waals surface area (Å²) in [6, 6.07) is 0. The lowest BCUT2D eigenvalue weighted by molar-refractivity contribution is -0.928. The van der Waals surface area contributed by atoms with E-state index in [-0.39, 0.29) is 34.0 Å². The third-order valence-electron chi connectivity index (χ3n) is 8.63. The Morgan fingerprint density at radius 3 is 0.800 bits per heavy atom. The first-order chi connectivity index (χ1) is 18.6. The molecule has 0 aromatic carbocycles. The van der Waals surface area contributed by atoms with E-state index in [0.29, 0.717) is 0 Å². The summed E-state index contributed by atoms with van der Waals surface area (Å²) in [7, 11) is 0. The molecule has 0 fully saturated rings. The van der Waals surface area contributed by atoms with E-state index in [2.05, 4.69) is 41.5 Å². The van der Waals surface area contributed by atoms with Crippen molar-refractivity contribution in [3.63, 3.8) is 0 Å². The van der Waals surface area contributed by atoms with Gasteiger partial charge >= 0.3 is 0 Å². The summed E-state index contributed by atoms with van der Waals surface area (Å²) >= 11 is 0. The lowest BCUT2D eigenvalue weighted by atomic mass is 10.0. The van der Waals surface area contributed by atoms with E-state index in [1.54, 1.807) is 0 Å². The fraction of sp³-hybridized carbons (Fsp3) is 1.00. The smallest absolute Gasteiger partial charge is 0.102 e. The molecule has 0 bridgehead atoms. The highest BCUT2D eigenvalue weighted by molar-refractivity contribution is 4.53. The first-order valence-electron chi connectivity index (χ1n) is 17.4. The average Bonchev–Trinajstić information content (AvgIpc) is 2.90. The molecule has 0 aliphatic heterocycles. The van der Waals surface area contributed by atoms with Gasteiger partial charge in [0.05, 0.1) is 52.5 Å². The van der Waals surface area contributed by atoms with E-state index in [1.165, 1.54) is 164 Å². The van der Waals surface area contributed by atoms with Gasteiger partial charge in [0.25, 0.3) is 0 Å². The third-order valence-corrected chi connectivity index (χ3v) is 8.63. The van der Waals surface area contributed by atoms with E-state index in [1.807, 2.05) is 0 Å². The van der Waals surface area contributed by atoms with Crippen LogP contribution >= 0.6 is 0 Å². The highest BCUT2D eigenvalue weighted by Crippen LogP contribution is 2.17. The van der Waals surface area contributed by atoms with Crippen molar-refractivity contribution < 1.29 is 52.4 Å².